The molecular formula is C15H16N4O3. The SMILES string of the molecule is O=C(Nc1ccon1)C(=O)N1CCC(Nc2ccccc2)C1. The van der Waals surface area contributed by atoms with Gasteiger partial charge in [0.25, 0.3) is 0 Å². The number of rotatable bonds is 3. The van der Waals surface area contributed by atoms with Gasteiger partial charge >= 0.3 is 11.8 Å². The fourth-order valence-electron chi connectivity index (χ4n) is 2.42. The van der Waals surface area contributed by atoms with E-state index in [9.17, 15) is 9.59 Å². The average molecular weight is 300 g/mol. The molecular weight excluding hydrogens is 284 g/mol. The van der Waals surface area contributed by atoms with Crippen LogP contribution in [-0.2, 0) is 9.59 Å². The molecule has 0 saturated carbocycles. The molecule has 22 heavy (non-hydrogen) atoms. The highest BCUT2D eigenvalue weighted by Gasteiger charge is 2.30. The van der Waals surface area contributed by atoms with E-state index in [2.05, 4.69) is 20.3 Å². The van der Waals surface area contributed by atoms with Gasteiger partial charge in [0.2, 0.25) is 0 Å². The van der Waals surface area contributed by atoms with Crippen molar-refractivity contribution in [1.82, 2.24) is 10.1 Å². The van der Waals surface area contributed by atoms with Crippen molar-refractivity contribution in [3.63, 3.8) is 0 Å². The first-order valence-electron chi connectivity index (χ1n) is 7.04. The van der Waals surface area contributed by atoms with Gasteiger partial charge in [0, 0.05) is 30.9 Å². The largest absolute Gasteiger partial charge is 0.380 e. The van der Waals surface area contributed by atoms with Crippen LogP contribution in [0.4, 0.5) is 11.5 Å². The first-order valence-corrected chi connectivity index (χ1v) is 7.04. The fraction of sp³-hybridized carbons (Fsp3) is 0.267. The van der Waals surface area contributed by atoms with Crippen LogP contribution >= 0.6 is 0 Å². The number of likely N-dealkylation sites (tertiary alicyclic amines) is 1. The van der Waals surface area contributed by atoms with Crippen LogP contribution in [0.3, 0.4) is 0 Å². The summed E-state index contributed by atoms with van der Waals surface area (Å²) in [6.45, 7) is 1.05. The van der Waals surface area contributed by atoms with Crippen molar-refractivity contribution >= 4 is 23.3 Å². The van der Waals surface area contributed by atoms with Crippen LogP contribution in [0.5, 0.6) is 0 Å². The van der Waals surface area contributed by atoms with Gasteiger partial charge in [-0.25, -0.2) is 0 Å². The molecule has 1 aliphatic rings. The number of hydrogen-bond acceptors (Lipinski definition) is 5. The van der Waals surface area contributed by atoms with Crippen molar-refractivity contribution < 1.29 is 14.1 Å². The Hall–Kier alpha value is -2.83. The van der Waals surface area contributed by atoms with Gasteiger partial charge in [0.05, 0.1) is 0 Å². The molecule has 1 unspecified atom stereocenters. The maximum Gasteiger partial charge on any atom is 0.315 e. The van der Waals surface area contributed by atoms with Gasteiger partial charge in [0.1, 0.15) is 6.26 Å². The summed E-state index contributed by atoms with van der Waals surface area (Å²) >= 11 is 0. The van der Waals surface area contributed by atoms with Crippen molar-refractivity contribution in [3.8, 4) is 0 Å². The zero-order chi connectivity index (χ0) is 15.4. The molecule has 0 radical (unpaired) electrons. The topological polar surface area (TPSA) is 87.5 Å². The van der Waals surface area contributed by atoms with E-state index < -0.39 is 11.8 Å². The summed E-state index contributed by atoms with van der Waals surface area (Å²) in [5.41, 5.74) is 1.01. The molecule has 0 aliphatic carbocycles. The van der Waals surface area contributed by atoms with E-state index in [1.165, 1.54) is 17.2 Å². The van der Waals surface area contributed by atoms with Gasteiger partial charge < -0.3 is 14.7 Å². The van der Waals surface area contributed by atoms with Crippen LogP contribution in [0.25, 0.3) is 0 Å². The Morgan fingerprint density at radius 2 is 2.05 bits per heavy atom. The second-order valence-electron chi connectivity index (χ2n) is 5.09. The fourth-order valence-corrected chi connectivity index (χ4v) is 2.42. The molecule has 1 aromatic heterocycles. The van der Waals surface area contributed by atoms with Crippen molar-refractivity contribution in [2.75, 3.05) is 23.7 Å². The zero-order valence-corrected chi connectivity index (χ0v) is 11.9. The van der Waals surface area contributed by atoms with E-state index in [1.807, 2.05) is 30.3 Å². The van der Waals surface area contributed by atoms with Crippen molar-refractivity contribution in [1.29, 1.82) is 0 Å². The third kappa shape index (κ3) is 3.25. The summed E-state index contributed by atoms with van der Waals surface area (Å²) < 4.78 is 4.60. The Labute approximate surface area is 127 Å². The summed E-state index contributed by atoms with van der Waals surface area (Å²) in [6.07, 6.45) is 2.13. The van der Waals surface area contributed by atoms with Crippen molar-refractivity contribution in [2.45, 2.75) is 12.5 Å². The first-order chi connectivity index (χ1) is 10.7. The molecule has 114 valence electrons. The Kier molecular flexibility index (Phi) is 4.04. The minimum Gasteiger partial charge on any atom is -0.380 e. The van der Waals surface area contributed by atoms with Gasteiger partial charge in [-0.1, -0.05) is 23.4 Å². The maximum absolute atomic E-state index is 12.1. The van der Waals surface area contributed by atoms with Crippen molar-refractivity contribution in [2.24, 2.45) is 0 Å². The lowest BCUT2D eigenvalue weighted by atomic mass is 10.2. The van der Waals surface area contributed by atoms with Gasteiger partial charge in [-0.2, -0.15) is 0 Å². The van der Waals surface area contributed by atoms with E-state index in [0.29, 0.717) is 13.1 Å². The van der Waals surface area contributed by atoms with Crippen LogP contribution in [0.1, 0.15) is 6.42 Å². The Morgan fingerprint density at radius 1 is 1.23 bits per heavy atom. The summed E-state index contributed by atoms with van der Waals surface area (Å²) in [4.78, 5) is 25.5. The van der Waals surface area contributed by atoms with Crippen LogP contribution in [0, 0.1) is 0 Å². The molecule has 2 N–H and O–H groups in total. The van der Waals surface area contributed by atoms with Crippen LogP contribution < -0.4 is 10.6 Å². The zero-order valence-electron chi connectivity index (χ0n) is 11.9. The van der Waals surface area contributed by atoms with Gasteiger partial charge in [-0.15, -0.1) is 0 Å². The second kappa shape index (κ2) is 6.30. The minimum atomic E-state index is -0.700. The number of carbonyl (C=O) groups is 2. The number of anilines is 2. The highest BCUT2D eigenvalue weighted by atomic mass is 16.5. The lowest BCUT2D eigenvalue weighted by Crippen LogP contribution is -2.39. The predicted octanol–water partition coefficient (Wildman–Crippen LogP) is 1.33. The maximum atomic E-state index is 12.1. The number of benzene rings is 1. The number of nitrogens with zero attached hydrogens (tertiary/aromatic N) is 2. The molecule has 1 atom stereocenters. The number of carbonyl (C=O) groups excluding carboxylic acids is 2. The molecule has 1 aromatic carbocycles. The number of aromatic nitrogens is 1. The van der Waals surface area contributed by atoms with Gasteiger partial charge in [-0.05, 0) is 18.6 Å². The number of nitrogens with one attached hydrogen (secondary N) is 2. The summed E-state index contributed by atoms with van der Waals surface area (Å²) in [6, 6.07) is 11.4. The number of amides is 2. The predicted molar refractivity (Wildman–Crippen MR) is 80.2 cm³/mol. The van der Waals surface area contributed by atoms with E-state index in [4.69, 9.17) is 0 Å². The van der Waals surface area contributed by atoms with Crippen LogP contribution in [0.15, 0.2) is 47.2 Å². The van der Waals surface area contributed by atoms with Gasteiger partial charge in [0.15, 0.2) is 5.82 Å². The number of hydrogen-bond donors (Lipinski definition) is 2. The summed E-state index contributed by atoms with van der Waals surface area (Å²) in [7, 11) is 0. The van der Waals surface area contributed by atoms with Crippen LogP contribution in [-0.4, -0.2) is 41.0 Å². The Balaban J connectivity index is 1.53. The average Bonchev–Trinajstić information content (AvgIpc) is 3.19. The van der Waals surface area contributed by atoms with E-state index >= 15 is 0 Å². The normalized spacial score (nSPS) is 17.3. The smallest absolute Gasteiger partial charge is 0.315 e. The molecule has 3 rings (SSSR count). The summed E-state index contributed by atoms with van der Waals surface area (Å²) in [5, 5.41) is 9.31. The van der Waals surface area contributed by atoms with Crippen molar-refractivity contribution in [3.05, 3.63) is 42.7 Å². The third-order valence-electron chi connectivity index (χ3n) is 3.49. The Morgan fingerprint density at radius 3 is 2.77 bits per heavy atom. The highest BCUT2D eigenvalue weighted by Crippen LogP contribution is 2.16. The van der Waals surface area contributed by atoms with E-state index in [0.717, 1.165) is 12.1 Å². The molecule has 7 heteroatoms. The molecule has 1 fully saturated rings. The molecule has 0 bridgehead atoms. The van der Waals surface area contributed by atoms with Gasteiger partial charge in [-0.3, -0.25) is 14.9 Å². The van der Waals surface area contributed by atoms with E-state index in [-0.39, 0.29) is 11.9 Å². The monoisotopic (exact) mass is 300 g/mol. The molecule has 7 nitrogen and oxygen atoms in total. The summed E-state index contributed by atoms with van der Waals surface area (Å²) in [5.74, 6) is -1.02. The lowest BCUT2D eigenvalue weighted by Gasteiger charge is -2.17. The quantitative estimate of drug-likeness (QED) is 0.835. The molecule has 2 amide bonds. The molecule has 1 aliphatic heterocycles. The minimum absolute atomic E-state index is 0.145. The van der Waals surface area contributed by atoms with E-state index in [1.54, 1.807) is 0 Å². The molecule has 2 heterocycles. The molecule has 1 saturated heterocycles. The molecule has 0 spiro atoms. The van der Waals surface area contributed by atoms with Crippen LogP contribution in [0.2, 0.25) is 0 Å². The lowest BCUT2D eigenvalue weighted by molar-refractivity contribution is -0.142. The number of para-hydroxylation sites is 1. The third-order valence-corrected chi connectivity index (χ3v) is 3.49. The molecule has 2 aromatic rings. The highest BCUT2D eigenvalue weighted by molar-refractivity contribution is 6.39. The standard InChI is InChI=1S/C15H16N4O3/c20-14(17-13-7-9-22-18-13)15(21)19-8-6-12(10-19)16-11-4-2-1-3-5-11/h1-5,7,9,12,16H,6,8,10H2,(H,17,18,20). The first kappa shape index (κ1) is 14.1. The Bertz CT molecular complexity index is 642. The second-order valence-corrected chi connectivity index (χ2v) is 5.09.